The molecule has 5 heteroatoms. The molecule has 0 saturated heterocycles. The predicted octanol–water partition coefficient (Wildman–Crippen LogP) is 1.36. The van der Waals surface area contributed by atoms with Gasteiger partial charge in [-0.15, -0.1) is 0 Å². The van der Waals surface area contributed by atoms with E-state index in [9.17, 15) is 5.11 Å². The van der Waals surface area contributed by atoms with Gasteiger partial charge in [0.25, 0.3) is 0 Å². The Hall–Kier alpha value is -1.46. The van der Waals surface area contributed by atoms with Crippen molar-refractivity contribution >= 4 is 0 Å². The van der Waals surface area contributed by atoms with Crippen LogP contribution in [0.1, 0.15) is 18.6 Å². The number of methoxy groups -OCH3 is 3. The Bertz CT molecular complexity index is 381. The number of hydrogen-bond donors (Lipinski definition) is 2. The van der Waals surface area contributed by atoms with Gasteiger partial charge in [0.15, 0.2) is 11.5 Å². The van der Waals surface area contributed by atoms with Gasteiger partial charge in [0.1, 0.15) is 5.75 Å². The first-order valence-corrected chi connectivity index (χ1v) is 5.86. The fourth-order valence-electron chi connectivity index (χ4n) is 1.70. The minimum Gasteiger partial charge on any atom is -0.496 e. The van der Waals surface area contributed by atoms with E-state index in [4.69, 9.17) is 14.2 Å². The minimum absolute atomic E-state index is 0.461. The summed E-state index contributed by atoms with van der Waals surface area (Å²) in [6.45, 7) is 3.24. The summed E-state index contributed by atoms with van der Waals surface area (Å²) in [5, 5.41) is 13.2. The Morgan fingerprint density at radius 1 is 1.06 bits per heavy atom. The summed E-state index contributed by atoms with van der Waals surface area (Å²) in [7, 11) is 4.68. The van der Waals surface area contributed by atoms with Crippen molar-refractivity contribution in [2.24, 2.45) is 0 Å². The van der Waals surface area contributed by atoms with Crippen molar-refractivity contribution in [3.8, 4) is 17.2 Å². The van der Waals surface area contributed by atoms with Crippen LogP contribution in [-0.4, -0.2) is 39.5 Å². The second kappa shape index (κ2) is 7.08. The van der Waals surface area contributed by atoms with Gasteiger partial charge in [0.2, 0.25) is 0 Å². The predicted molar refractivity (Wildman–Crippen MR) is 69.6 cm³/mol. The lowest BCUT2D eigenvalue weighted by Crippen LogP contribution is -2.21. The molecule has 0 radical (unpaired) electrons. The third-order valence-electron chi connectivity index (χ3n) is 2.68. The molecule has 1 rings (SSSR count). The molecule has 0 aliphatic rings. The van der Waals surface area contributed by atoms with Crippen molar-refractivity contribution in [3.05, 3.63) is 17.7 Å². The van der Waals surface area contributed by atoms with Gasteiger partial charge in [0, 0.05) is 18.2 Å². The largest absolute Gasteiger partial charge is 0.496 e. The van der Waals surface area contributed by atoms with Crippen LogP contribution in [0.5, 0.6) is 17.2 Å². The highest BCUT2D eigenvalue weighted by Gasteiger charge is 2.17. The van der Waals surface area contributed by atoms with Crippen LogP contribution in [0.3, 0.4) is 0 Å². The zero-order chi connectivity index (χ0) is 13.5. The first-order chi connectivity index (χ1) is 8.67. The highest BCUT2D eigenvalue weighted by Crippen LogP contribution is 2.37. The summed E-state index contributed by atoms with van der Waals surface area (Å²) >= 11 is 0. The average molecular weight is 255 g/mol. The second-order valence-electron chi connectivity index (χ2n) is 3.77. The molecule has 0 bridgehead atoms. The van der Waals surface area contributed by atoms with Crippen molar-refractivity contribution in [3.63, 3.8) is 0 Å². The highest BCUT2D eigenvalue weighted by molar-refractivity contribution is 5.51. The molecule has 0 amide bonds. The van der Waals surface area contributed by atoms with Gasteiger partial charge in [-0.2, -0.15) is 0 Å². The third-order valence-corrected chi connectivity index (χ3v) is 2.68. The number of hydrogen-bond acceptors (Lipinski definition) is 5. The summed E-state index contributed by atoms with van der Waals surface area (Å²) in [6, 6.07) is 3.45. The summed E-state index contributed by atoms with van der Waals surface area (Å²) in [5.41, 5.74) is 0.677. The van der Waals surface area contributed by atoms with E-state index < -0.39 is 6.10 Å². The van der Waals surface area contributed by atoms with E-state index >= 15 is 0 Å². The Morgan fingerprint density at radius 3 is 2.11 bits per heavy atom. The molecule has 1 atom stereocenters. The van der Waals surface area contributed by atoms with Gasteiger partial charge in [-0.3, -0.25) is 0 Å². The van der Waals surface area contributed by atoms with E-state index in [0.29, 0.717) is 29.4 Å². The fourth-order valence-corrected chi connectivity index (χ4v) is 1.70. The standard InChI is InChI=1S/C13H21NO4/c1-5-14-8-10(15)9-6-12(17-3)13(18-4)7-11(9)16-2/h6-7,10,14-15H,5,8H2,1-4H3. The topological polar surface area (TPSA) is 60.0 Å². The molecule has 0 fully saturated rings. The quantitative estimate of drug-likeness (QED) is 0.770. The molecule has 0 heterocycles. The monoisotopic (exact) mass is 255 g/mol. The molecule has 0 saturated carbocycles. The molecule has 1 aromatic carbocycles. The van der Waals surface area contributed by atoms with E-state index in [1.807, 2.05) is 6.92 Å². The molecule has 1 aromatic rings. The molecule has 0 aromatic heterocycles. The van der Waals surface area contributed by atoms with E-state index in [1.54, 1.807) is 33.5 Å². The van der Waals surface area contributed by atoms with E-state index in [1.165, 1.54) is 0 Å². The van der Waals surface area contributed by atoms with Gasteiger partial charge in [-0.05, 0) is 12.6 Å². The van der Waals surface area contributed by atoms with Gasteiger partial charge in [0.05, 0.1) is 27.4 Å². The second-order valence-corrected chi connectivity index (χ2v) is 3.77. The molecule has 0 aliphatic heterocycles. The molecule has 5 nitrogen and oxygen atoms in total. The van der Waals surface area contributed by atoms with E-state index in [2.05, 4.69) is 5.32 Å². The summed E-state index contributed by atoms with van der Waals surface area (Å²) in [5.74, 6) is 1.73. The SMILES string of the molecule is CCNCC(O)c1cc(OC)c(OC)cc1OC. The maximum atomic E-state index is 10.1. The molecule has 102 valence electrons. The normalized spacial score (nSPS) is 12.1. The molecule has 0 aliphatic carbocycles. The summed E-state index contributed by atoms with van der Waals surface area (Å²) < 4.78 is 15.7. The number of ether oxygens (including phenoxy) is 3. The zero-order valence-electron chi connectivity index (χ0n) is 11.3. The average Bonchev–Trinajstić information content (AvgIpc) is 2.42. The van der Waals surface area contributed by atoms with Crippen LogP contribution in [0, 0.1) is 0 Å². The fraction of sp³-hybridized carbons (Fsp3) is 0.538. The first-order valence-electron chi connectivity index (χ1n) is 5.86. The Labute approximate surface area is 108 Å². The number of aliphatic hydroxyl groups is 1. The van der Waals surface area contributed by atoms with Gasteiger partial charge < -0.3 is 24.6 Å². The number of nitrogens with one attached hydrogen (secondary N) is 1. The van der Waals surface area contributed by atoms with Crippen molar-refractivity contribution in [1.82, 2.24) is 5.32 Å². The van der Waals surface area contributed by atoms with Gasteiger partial charge >= 0.3 is 0 Å². The van der Waals surface area contributed by atoms with E-state index in [-0.39, 0.29) is 0 Å². The number of likely N-dealkylation sites (N-methyl/N-ethyl adjacent to an activating group) is 1. The van der Waals surface area contributed by atoms with Crippen LogP contribution in [0.4, 0.5) is 0 Å². The lowest BCUT2D eigenvalue weighted by Gasteiger charge is -2.18. The maximum Gasteiger partial charge on any atom is 0.164 e. The van der Waals surface area contributed by atoms with Crippen LogP contribution in [0.2, 0.25) is 0 Å². The number of aliphatic hydroxyl groups excluding tert-OH is 1. The number of rotatable bonds is 7. The molecule has 2 N–H and O–H groups in total. The Balaban J connectivity index is 3.08. The van der Waals surface area contributed by atoms with Crippen molar-refractivity contribution in [1.29, 1.82) is 0 Å². The first kappa shape index (κ1) is 14.6. The smallest absolute Gasteiger partial charge is 0.164 e. The van der Waals surface area contributed by atoms with E-state index in [0.717, 1.165) is 6.54 Å². The maximum absolute atomic E-state index is 10.1. The third kappa shape index (κ3) is 3.27. The summed E-state index contributed by atoms with van der Waals surface area (Å²) in [6.07, 6.45) is -0.653. The number of benzene rings is 1. The molecule has 18 heavy (non-hydrogen) atoms. The molecular formula is C13H21NO4. The minimum atomic E-state index is -0.653. The van der Waals surface area contributed by atoms with Crippen molar-refractivity contribution in [2.45, 2.75) is 13.0 Å². The zero-order valence-corrected chi connectivity index (χ0v) is 11.3. The van der Waals surface area contributed by atoms with Crippen molar-refractivity contribution in [2.75, 3.05) is 34.4 Å². The van der Waals surface area contributed by atoms with Crippen LogP contribution < -0.4 is 19.5 Å². The van der Waals surface area contributed by atoms with Crippen LogP contribution in [0.15, 0.2) is 12.1 Å². The Kier molecular flexibility index (Phi) is 5.74. The Morgan fingerprint density at radius 2 is 1.61 bits per heavy atom. The van der Waals surface area contributed by atoms with Gasteiger partial charge in [-0.1, -0.05) is 6.92 Å². The van der Waals surface area contributed by atoms with Crippen LogP contribution >= 0.6 is 0 Å². The molecule has 1 unspecified atom stereocenters. The van der Waals surface area contributed by atoms with Crippen LogP contribution in [0.25, 0.3) is 0 Å². The van der Waals surface area contributed by atoms with Crippen LogP contribution in [-0.2, 0) is 0 Å². The van der Waals surface area contributed by atoms with Gasteiger partial charge in [-0.25, -0.2) is 0 Å². The lowest BCUT2D eigenvalue weighted by atomic mass is 10.1. The molecular weight excluding hydrogens is 234 g/mol. The summed E-state index contributed by atoms with van der Waals surface area (Å²) in [4.78, 5) is 0. The lowest BCUT2D eigenvalue weighted by molar-refractivity contribution is 0.170. The highest BCUT2D eigenvalue weighted by atomic mass is 16.5. The van der Waals surface area contributed by atoms with Crippen molar-refractivity contribution < 1.29 is 19.3 Å². The molecule has 0 spiro atoms.